The summed E-state index contributed by atoms with van der Waals surface area (Å²) in [6.07, 6.45) is 3.93. The smallest absolute Gasteiger partial charge is 0.0700 e. The van der Waals surface area contributed by atoms with Crippen LogP contribution in [0.4, 0.5) is 0 Å². The van der Waals surface area contributed by atoms with Gasteiger partial charge in [-0.1, -0.05) is 0 Å². The van der Waals surface area contributed by atoms with E-state index in [-0.39, 0.29) is 0 Å². The number of hydrogen-bond donors (Lipinski definition) is 1. The summed E-state index contributed by atoms with van der Waals surface area (Å²) in [5.74, 6) is 0.949. The van der Waals surface area contributed by atoms with Crippen LogP contribution in [-0.4, -0.2) is 39.5 Å². The highest BCUT2D eigenvalue weighted by atomic mass is 16.5. The lowest BCUT2D eigenvalue weighted by Crippen LogP contribution is -2.29. The standard InChI is InChI=1S/C11H23NO2/c1-10(11-4-5-11)12-6-3-7-14-9-8-13-2/h10-12H,3-9H2,1-2H3. The summed E-state index contributed by atoms with van der Waals surface area (Å²) in [6.45, 7) is 5.61. The second-order valence-corrected chi connectivity index (χ2v) is 4.04. The molecule has 0 saturated heterocycles. The molecule has 1 saturated carbocycles. The number of rotatable bonds is 9. The first-order chi connectivity index (χ1) is 6.84. The van der Waals surface area contributed by atoms with Crippen LogP contribution in [0.15, 0.2) is 0 Å². The Labute approximate surface area is 87.2 Å². The van der Waals surface area contributed by atoms with E-state index >= 15 is 0 Å². The third-order valence-corrected chi connectivity index (χ3v) is 2.69. The van der Waals surface area contributed by atoms with Gasteiger partial charge in [0.05, 0.1) is 13.2 Å². The lowest BCUT2D eigenvalue weighted by molar-refractivity contribution is 0.0692. The third kappa shape index (κ3) is 5.58. The van der Waals surface area contributed by atoms with Crippen molar-refractivity contribution in [1.29, 1.82) is 0 Å². The topological polar surface area (TPSA) is 30.5 Å². The molecule has 0 amide bonds. The van der Waals surface area contributed by atoms with E-state index in [1.165, 1.54) is 12.8 Å². The van der Waals surface area contributed by atoms with Crippen LogP contribution in [-0.2, 0) is 9.47 Å². The van der Waals surface area contributed by atoms with Crippen molar-refractivity contribution in [1.82, 2.24) is 5.32 Å². The van der Waals surface area contributed by atoms with Gasteiger partial charge >= 0.3 is 0 Å². The molecule has 0 bridgehead atoms. The van der Waals surface area contributed by atoms with Gasteiger partial charge in [0.2, 0.25) is 0 Å². The van der Waals surface area contributed by atoms with Crippen molar-refractivity contribution in [3.63, 3.8) is 0 Å². The Morgan fingerprint density at radius 3 is 2.71 bits per heavy atom. The van der Waals surface area contributed by atoms with Crippen LogP contribution in [0.25, 0.3) is 0 Å². The molecule has 14 heavy (non-hydrogen) atoms. The highest BCUT2D eigenvalue weighted by Gasteiger charge is 2.26. The summed E-state index contributed by atoms with van der Waals surface area (Å²) in [5.41, 5.74) is 0. The maximum atomic E-state index is 5.37. The van der Waals surface area contributed by atoms with Gasteiger partial charge in [0, 0.05) is 19.8 Å². The minimum absolute atomic E-state index is 0.700. The molecule has 0 radical (unpaired) electrons. The van der Waals surface area contributed by atoms with Gasteiger partial charge in [0.15, 0.2) is 0 Å². The zero-order valence-corrected chi connectivity index (χ0v) is 9.42. The van der Waals surface area contributed by atoms with Gasteiger partial charge in [-0.25, -0.2) is 0 Å². The molecule has 0 heterocycles. The van der Waals surface area contributed by atoms with Crippen molar-refractivity contribution in [2.45, 2.75) is 32.2 Å². The van der Waals surface area contributed by atoms with Gasteiger partial charge < -0.3 is 14.8 Å². The lowest BCUT2D eigenvalue weighted by atomic mass is 10.2. The molecule has 0 aliphatic heterocycles. The molecular formula is C11H23NO2. The largest absolute Gasteiger partial charge is 0.382 e. The van der Waals surface area contributed by atoms with Gasteiger partial charge in [0.25, 0.3) is 0 Å². The minimum Gasteiger partial charge on any atom is -0.382 e. The van der Waals surface area contributed by atoms with Crippen LogP contribution >= 0.6 is 0 Å². The van der Waals surface area contributed by atoms with E-state index in [1.54, 1.807) is 7.11 Å². The summed E-state index contributed by atoms with van der Waals surface area (Å²) in [5, 5.41) is 3.52. The second kappa shape index (κ2) is 7.21. The van der Waals surface area contributed by atoms with Crippen molar-refractivity contribution >= 4 is 0 Å². The van der Waals surface area contributed by atoms with Gasteiger partial charge in [-0.05, 0) is 38.6 Å². The average molecular weight is 201 g/mol. The van der Waals surface area contributed by atoms with E-state index in [2.05, 4.69) is 12.2 Å². The van der Waals surface area contributed by atoms with Gasteiger partial charge in [-0.15, -0.1) is 0 Å². The Bertz CT molecular complexity index is 137. The Balaban J connectivity index is 1.75. The van der Waals surface area contributed by atoms with Gasteiger partial charge in [-0.2, -0.15) is 0 Å². The predicted molar refractivity (Wildman–Crippen MR) is 57.5 cm³/mol. The molecule has 0 aromatic heterocycles. The van der Waals surface area contributed by atoms with Crippen molar-refractivity contribution in [3.8, 4) is 0 Å². The Morgan fingerprint density at radius 1 is 1.29 bits per heavy atom. The maximum absolute atomic E-state index is 5.37. The van der Waals surface area contributed by atoms with E-state index in [0.717, 1.165) is 25.5 Å². The van der Waals surface area contributed by atoms with Crippen molar-refractivity contribution in [2.75, 3.05) is 33.5 Å². The van der Waals surface area contributed by atoms with E-state index in [9.17, 15) is 0 Å². The lowest BCUT2D eigenvalue weighted by Gasteiger charge is -2.12. The van der Waals surface area contributed by atoms with E-state index in [1.807, 2.05) is 0 Å². The van der Waals surface area contributed by atoms with Crippen LogP contribution < -0.4 is 5.32 Å². The fourth-order valence-corrected chi connectivity index (χ4v) is 1.51. The Hall–Kier alpha value is -0.120. The molecular weight excluding hydrogens is 178 g/mol. The number of ether oxygens (including phenoxy) is 2. The molecule has 1 unspecified atom stereocenters. The zero-order chi connectivity index (χ0) is 10.2. The SMILES string of the molecule is COCCOCCCNC(C)C1CC1. The monoisotopic (exact) mass is 201 g/mol. The first-order valence-electron chi connectivity index (χ1n) is 5.64. The fraction of sp³-hybridized carbons (Fsp3) is 1.00. The average Bonchev–Trinajstić information content (AvgIpc) is 2.99. The first kappa shape index (κ1) is 12.0. The van der Waals surface area contributed by atoms with E-state index < -0.39 is 0 Å². The summed E-state index contributed by atoms with van der Waals surface area (Å²) in [6, 6.07) is 0.703. The van der Waals surface area contributed by atoms with Crippen molar-refractivity contribution in [3.05, 3.63) is 0 Å². The predicted octanol–water partition coefficient (Wildman–Crippen LogP) is 1.43. The highest BCUT2D eigenvalue weighted by molar-refractivity contribution is 4.82. The summed E-state index contributed by atoms with van der Waals surface area (Å²) in [4.78, 5) is 0. The molecule has 1 atom stereocenters. The van der Waals surface area contributed by atoms with Gasteiger partial charge in [0.1, 0.15) is 0 Å². The normalized spacial score (nSPS) is 18.4. The second-order valence-electron chi connectivity index (χ2n) is 4.04. The van der Waals surface area contributed by atoms with Crippen molar-refractivity contribution in [2.24, 2.45) is 5.92 Å². The number of nitrogens with one attached hydrogen (secondary N) is 1. The number of methoxy groups -OCH3 is 1. The quantitative estimate of drug-likeness (QED) is 0.572. The Kier molecular flexibility index (Phi) is 6.15. The Morgan fingerprint density at radius 2 is 2.07 bits per heavy atom. The molecule has 1 N–H and O–H groups in total. The molecule has 1 aliphatic carbocycles. The molecule has 0 aromatic rings. The molecule has 3 heteroatoms. The van der Waals surface area contributed by atoms with Crippen LogP contribution in [0.5, 0.6) is 0 Å². The van der Waals surface area contributed by atoms with Crippen LogP contribution in [0.1, 0.15) is 26.2 Å². The molecule has 84 valence electrons. The molecule has 1 aliphatic rings. The summed E-state index contributed by atoms with van der Waals surface area (Å²) < 4.78 is 10.3. The zero-order valence-electron chi connectivity index (χ0n) is 9.42. The molecule has 0 spiro atoms. The van der Waals surface area contributed by atoms with E-state index in [0.29, 0.717) is 19.3 Å². The van der Waals surface area contributed by atoms with Crippen LogP contribution in [0.3, 0.4) is 0 Å². The number of hydrogen-bond acceptors (Lipinski definition) is 3. The highest BCUT2D eigenvalue weighted by Crippen LogP contribution is 2.32. The van der Waals surface area contributed by atoms with Crippen LogP contribution in [0, 0.1) is 5.92 Å². The summed E-state index contributed by atoms with van der Waals surface area (Å²) >= 11 is 0. The summed E-state index contributed by atoms with van der Waals surface area (Å²) in [7, 11) is 1.70. The molecule has 0 aromatic carbocycles. The third-order valence-electron chi connectivity index (χ3n) is 2.69. The van der Waals surface area contributed by atoms with Crippen molar-refractivity contribution < 1.29 is 9.47 Å². The minimum atomic E-state index is 0.700. The molecule has 3 nitrogen and oxygen atoms in total. The fourth-order valence-electron chi connectivity index (χ4n) is 1.51. The molecule has 1 fully saturated rings. The van der Waals surface area contributed by atoms with Crippen LogP contribution in [0.2, 0.25) is 0 Å². The van der Waals surface area contributed by atoms with Gasteiger partial charge in [-0.3, -0.25) is 0 Å². The van der Waals surface area contributed by atoms with E-state index in [4.69, 9.17) is 9.47 Å². The first-order valence-corrected chi connectivity index (χ1v) is 5.64. The maximum Gasteiger partial charge on any atom is 0.0700 e. The molecule has 1 rings (SSSR count).